The summed E-state index contributed by atoms with van der Waals surface area (Å²) >= 11 is 0. The van der Waals surface area contributed by atoms with E-state index in [0.717, 1.165) is 23.5 Å². The highest BCUT2D eigenvalue weighted by molar-refractivity contribution is 5.87. The Kier molecular flexibility index (Phi) is 3.64. The first-order chi connectivity index (χ1) is 10.8. The fraction of sp³-hybridized carbons (Fsp3) is 0.278. The standard InChI is InChI=1S/C18H20N2O3/c1-18(2)11-20(15-9-14(19)7-8-16(15)23-18)10-12-3-5-13(6-4-12)17(21)22/h3-9H,10-11,19H2,1-2H3,(H,21,22). The maximum atomic E-state index is 10.9. The van der Waals surface area contributed by atoms with Crippen LogP contribution in [0.3, 0.4) is 0 Å². The molecule has 2 aromatic carbocycles. The summed E-state index contributed by atoms with van der Waals surface area (Å²) in [6.07, 6.45) is 0. The Morgan fingerprint density at radius 1 is 1.26 bits per heavy atom. The molecule has 3 rings (SSSR count). The molecule has 23 heavy (non-hydrogen) atoms. The number of nitrogens with zero attached hydrogens (tertiary/aromatic N) is 1. The zero-order chi connectivity index (χ0) is 16.6. The van der Waals surface area contributed by atoms with Gasteiger partial charge in [-0.2, -0.15) is 0 Å². The molecule has 0 saturated carbocycles. The van der Waals surface area contributed by atoms with Gasteiger partial charge in [-0.3, -0.25) is 0 Å². The van der Waals surface area contributed by atoms with Crippen LogP contribution in [-0.2, 0) is 6.54 Å². The van der Waals surface area contributed by atoms with Crippen molar-refractivity contribution in [3.05, 3.63) is 53.6 Å². The molecule has 0 unspecified atom stereocenters. The van der Waals surface area contributed by atoms with Crippen LogP contribution in [0.25, 0.3) is 0 Å². The maximum absolute atomic E-state index is 10.9. The number of aromatic carboxylic acids is 1. The second-order valence-corrected chi connectivity index (χ2v) is 6.45. The van der Waals surface area contributed by atoms with E-state index in [2.05, 4.69) is 4.90 Å². The highest BCUT2D eigenvalue weighted by Crippen LogP contribution is 2.38. The number of carbonyl (C=O) groups is 1. The van der Waals surface area contributed by atoms with E-state index in [1.807, 2.05) is 44.2 Å². The van der Waals surface area contributed by atoms with Gasteiger partial charge in [0.15, 0.2) is 0 Å². The highest BCUT2D eigenvalue weighted by atomic mass is 16.5. The predicted molar refractivity (Wildman–Crippen MR) is 90.0 cm³/mol. The number of nitrogens with two attached hydrogens (primary N) is 1. The van der Waals surface area contributed by atoms with Crippen LogP contribution < -0.4 is 15.4 Å². The molecular weight excluding hydrogens is 292 g/mol. The van der Waals surface area contributed by atoms with Crippen molar-refractivity contribution in [1.82, 2.24) is 0 Å². The number of carboxylic acid groups (broad SMARTS) is 1. The molecule has 1 heterocycles. The molecule has 0 spiro atoms. The predicted octanol–water partition coefficient (Wildman–Crippen LogP) is 3.14. The fourth-order valence-electron chi connectivity index (χ4n) is 2.86. The molecule has 5 nitrogen and oxygen atoms in total. The summed E-state index contributed by atoms with van der Waals surface area (Å²) in [5, 5.41) is 8.99. The number of carboxylic acids is 1. The van der Waals surface area contributed by atoms with Crippen LogP contribution in [0.2, 0.25) is 0 Å². The minimum atomic E-state index is -0.915. The first kappa shape index (κ1) is 15.2. The normalized spacial score (nSPS) is 15.7. The van der Waals surface area contributed by atoms with Crippen molar-refractivity contribution in [2.45, 2.75) is 26.0 Å². The van der Waals surface area contributed by atoms with Crippen LogP contribution in [-0.4, -0.2) is 23.2 Å². The third-order valence-electron chi connectivity index (χ3n) is 3.86. The van der Waals surface area contributed by atoms with Gasteiger partial charge >= 0.3 is 5.97 Å². The Labute approximate surface area is 135 Å². The van der Waals surface area contributed by atoms with Crippen molar-refractivity contribution >= 4 is 17.3 Å². The van der Waals surface area contributed by atoms with Gasteiger partial charge in [0.2, 0.25) is 0 Å². The zero-order valence-corrected chi connectivity index (χ0v) is 13.2. The molecule has 0 amide bonds. The largest absolute Gasteiger partial charge is 0.484 e. The molecule has 0 radical (unpaired) electrons. The number of hydrogen-bond acceptors (Lipinski definition) is 4. The Bertz CT molecular complexity index is 738. The number of hydrogen-bond donors (Lipinski definition) is 2. The molecular formula is C18H20N2O3. The summed E-state index contributed by atoms with van der Waals surface area (Å²) in [7, 11) is 0. The second kappa shape index (κ2) is 5.50. The van der Waals surface area contributed by atoms with E-state index in [9.17, 15) is 4.79 Å². The lowest BCUT2D eigenvalue weighted by Crippen LogP contribution is -2.46. The fourth-order valence-corrected chi connectivity index (χ4v) is 2.86. The highest BCUT2D eigenvalue weighted by Gasteiger charge is 2.31. The van der Waals surface area contributed by atoms with Crippen LogP contribution in [0.5, 0.6) is 5.75 Å². The summed E-state index contributed by atoms with van der Waals surface area (Å²) in [5.74, 6) is -0.0974. The summed E-state index contributed by atoms with van der Waals surface area (Å²) in [5.41, 5.74) is 8.60. The molecule has 0 bridgehead atoms. The van der Waals surface area contributed by atoms with Gasteiger partial charge in [0.25, 0.3) is 0 Å². The van der Waals surface area contributed by atoms with Crippen LogP contribution >= 0.6 is 0 Å². The topological polar surface area (TPSA) is 75.8 Å². The van der Waals surface area contributed by atoms with E-state index in [-0.39, 0.29) is 5.60 Å². The van der Waals surface area contributed by atoms with Crippen molar-refractivity contribution in [2.75, 3.05) is 17.2 Å². The lowest BCUT2D eigenvalue weighted by atomic mass is 10.0. The second-order valence-electron chi connectivity index (χ2n) is 6.45. The molecule has 0 saturated heterocycles. The maximum Gasteiger partial charge on any atom is 0.335 e. The Morgan fingerprint density at radius 2 is 1.96 bits per heavy atom. The monoisotopic (exact) mass is 312 g/mol. The minimum absolute atomic E-state index is 0.292. The molecule has 0 fully saturated rings. The lowest BCUT2D eigenvalue weighted by Gasteiger charge is -2.41. The quantitative estimate of drug-likeness (QED) is 0.852. The zero-order valence-electron chi connectivity index (χ0n) is 13.2. The molecule has 0 aromatic heterocycles. The van der Waals surface area contributed by atoms with Crippen LogP contribution in [0, 0.1) is 0 Å². The minimum Gasteiger partial charge on any atom is -0.484 e. The third-order valence-corrected chi connectivity index (χ3v) is 3.86. The summed E-state index contributed by atoms with van der Waals surface area (Å²) < 4.78 is 6.02. The average Bonchev–Trinajstić information content (AvgIpc) is 2.48. The van der Waals surface area contributed by atoms with Crippen LogP contribution in [0.4, 0.5) is 11.4 Å². The molecule has 120 valence electrons. The SMILES string of the molecule is CC1(C)CN(Cc2ccc(C(=O)O)cc2)c2cc(N)ccc2O1. The van der Waals surface area contributed by atoms with Crippen LogP contribution in [0.1, 0.15) is 29.8 Å². The van der Waals surface area contributed by atoms with Gasteiger partial charge in [-0.15, -0.1) is 0 Å². The number of nitrogen functional groups attached to an aromatic ring is 1. The summed E-state index contributed by atoms with van der Waals surface area (Å²) in [6.45, 7) is 5.49. The smallest absolute Gasteiger partial charge is 0.335 e. The van der Waals surface area contributed by atoms with E-state index in [1.54, 1.807) is 12.1 Å². The van der Waals surface area contributed by atoms with Crippen LogP contribution in [0.15, 0.2) is 42.5 Å². The van der Waals surface area contributed by atoms with E-state index in [0.29, 0.717) is 17.8 Å². The Hall–Kier alpha value is -2.69. The summed E-state index contributed by atoms with van der Waals surface area (Å²) in [6, 6.07) is 12.6. The molecule has 0 atom stereocenters. The van der Waals surface area contributed by atoms with Gasteiger partial charge in [-0.05, 0) is 49.7 Å². The van der Waals surface area contributed by atoms with E-state index in [4.69, 9.17) is 15.6 Å². The number of fused-ring (bicyclic) bond motifs is 1. The molecule has 0 aliphatic carbocycles. The number of benzene rings is 2. The third kappa shape index (κ3) is 3.23. The van der Waals surface area contributed by atoms with Crippen molar-refractivity contribution < 1.29 is 14.6 Å². The molecule has 1 aliphatic rings. The molecule has 1 aliphatic heterocycles. The van der Waals surface area contributed by atoms with E-state index < -0.39 is 5.97 Å². The number of ether oxygens (including phenoxy) is 1. The Balaban J connectivity index is 1.90. The van der Waals surface area contributed by atoms with E-state index >= 15 is 0 Å². The van der Waals surface area contributed by atoms with Crippen molar-refractivity contribution in [3.8, 4) is 5.75 Å². The number of anilines is 2. The average molecular weight is 312 g/mol. The van der Waals surface area contributed by atoms with Gasteiger partial charge in [-0.25, -0.2) is 4.79 Å². The van der Waals surface area contributed by atoms with Gasteiger partial charge in [0, 0.05) is 12.2 Å². The lowest BCUT2D eigenvalue weighted by molar-refractivity contribution is 0.0697. The van der Waals surface area contributed by atoms with Crippen molar-refractivity contribution in [3.63, 3.8) is 0 Å². The first-order valence-electron chi connectivity index (χ1n) is 7.50. The summed E-state index contributed by atoms with van der Waals surface area (Å²) in [4.78, 5) is 13.2. The Morgan fingerprint density at radius 3 is 2.61 bits per heavy atom. The molecule has 5 heteroatoms. The van der Waals surface area contributed by atoms with Gasteiger partial charge < -0.3 is 20.5 Å². The molecule has 2 aromatic rings. The number of rotatable bonds is 3. The van der Waals surface area contributed by atoms with E-state index in [1.165, 1.54) is 0 Å². The first-order valence-corrected chi connectivity index (χ1v) is 7.50. The van der Waals surface area contributed by atoms with Gasteiger partial charge in [0.1, 0.15) is 11.4 Å². The van der Waals surface area contributed by atoms with Gasteiger partial charge in [0.05, 0.1) is 17.8 Å². The van der Waals surface area contributed by atoms with Gasteiger partial charge in [-0.1, -0.05) is 12.1 Å². The van der Waals surface area contributed by atoms with Crippen molar-refractivity contribution in [2.24, 2.45) is 0 Å². The molecule has 3 N–H and O–H groups in total. The van der Waals surface area contributed by atoms with Crippen molar-refractivity contribution in [1.29, 1.82) is 0 Å².